The summed E-state index contributed by atoms with van der Waals surface area (Å²) in [5, 5.41) is 39.8. The molecule has 0 radical (unpaired) electrons. The number of carbonyl (C=O) groups is 1. The Bertz CT molecular complexity index is 448. The van der Waals surface area contributed by atoms with E-state index in [1.807, 2.05) is 0 Å². The first kappa shape index (κ1) is 13.8. The molecule has 0 amide bonds. The molecule has 1 heterocycles. The van der Waals surface area contributed by atoms with Crippen molar-refractivity contribution in [2.45, 2.75) is 24.5 Å². The molecule has 4 atom stereocenters. The Labute approximate surface area is 109 Å². The number of nitrogens with one attached hydrogen (secondary N) is 1. The number of hydrogen-bond donors (Lipinski definition) is 5. The van der Waals surface area contributed by atoms with E-state index in [2.05, 4.69) is 5.32 Å². The zero-order valence-electron chi connectivity index (χ0n) is 9.93. The first-order chi connectivity index (χ1) is 9.02. The number of benzene rings is 1. The summed E-state index contributed by atoms with van der Waals surface area (Å²) in [5.41, 5.74) is 0.687. The number of carboxylic acids is 1. The number of anilines is 1. The molecule has 0 bridgehead atoms. The van der Waals surface area contributed by atoms with E-state index in [9.17, 15) is 15.0 Å². The first-order valence-corrected chi connectivity index (χ1v) is 5.75. The molecule has 1 saturated heterocycles. The van der Waals surface area contributed by atoms with E-state index in [0.29, 0.717) is 5.69 Å². The van der Waals surface area contributed by atoms with E-state index in [1.54, 1.807) is 0 Å². The molecule has 7 heteroatoms. The lowest BCUT2D eigenvalue weighted by atomic mass is 10.1. The van der Waals surface area contributed by atoms with Crippen LogP contribution in [0.3, 0.4) is 0 Å². The summed E-state index contributed by atoms with van der Waals surface area (Å²) >= 11 is 0. The molecule has 1 fully saturated rings. The molecular weight excluding hydrogens is 254 g/mol. The lowest BCUT2D eigenvalue weighted by Gasteiger charge is -2.17. The molecular formula is C12H15NO6. The van der Waals surface area contributed by atoms with Crippen molar-refractivity contribution >= 4 is 11.7 Å². The summed E-state index contributed by atoms with van der Waals surface area (Å²) < 4.78 is 5.24. The van der Waals surface area contributed by atoms with E-state index in [0.717, 1.165) is 0 Å². The number of carboxylic acid groups (broad SMARTS) is 1. The molecule has 0 aliphatic carbocycles. The SMILES string of the molecule is O=C(O)c1ccc(NC2OC(CO)C(O)C2O)cc1. The standard InChI is InChI=1S/C12H15NO6/c14-5-8-9(15)10(16)11(19-8)13-7-3-1-6(2-4-7)12(17)18/h1-4,8-11,13-16H,5H2,(H,17,18). The Hall–Kier alpha value is -1.67. The van der Waals surface area contributed by atoms with E-state index < -0.39 is 37.1 Å². The maximum Gasteiger partial charge on any atom is 0.335 e. The van der Waals surface area contributed by atoms with E-state index in [4.69, 9.17) is 14.9 Å². The minimum absolute atomic E-state index is 0.145. The van der Waals surface area contributed by atoms with Crippen LogP contribution in [0.15, 0.2) is 24.3 Å². The number of ether oxygens (including phenoxy) is 1. The Kier molecular flexibility index (Phi) is 4.01. The van der Waals surface area contributed by atoms with Crippen LogP contribution in [0.25, 0.3) is 0 Å². The predicted molar refractivity (Wildman–Crippen MR) is 64.8 cm³/mol. The van der Waals surface area contributed by atoms with Crippen LogP contribution in [-0.2, 0) is 4.74 Å². The van der Waals surface area contributed by atoms with Crippen LogP contribution in [0.5, 0.6) is 0 Å². The van der Waals surface area contributed by atoms with Crippen molar-refractivity contribution in [3.63, 3.8) is 0 Å². The number of hydrogen-bond acceptors (Lipinski definition) is 6. The number of aromatic carboxylic acids is 1. The second-order valence-electron chi connectivity index (χ2n) is 4.29. The highest BCUT2D eigenvalue weighted by Gasteiger charge is 2.42. The van der Waals surface area contributed by atoms with Crippen LogP contribution < -0.4 is 5.32 Å². The average molecular weight is 269 g/mol. The molecule has 2 rings (SSSR count). The van der Waals surface area contributed by atoms with Crippen molar-refractivity contribution in [2.75, 3.05) is 11.9 Å². The first-order valence-electron chi connectivity index (χ1n) is 5.75. The van der Waals surface area contributed by atoms with Gasteiger partial charge in [-0.05, 0) is 24.3 Å². The quantitative estimate of drug-likeness (QED) is 0.487. The fourth-order valence-electron chi connectivity index (χ4n) is 1.89. The molecule has 0 saturated carbocycles. The summed E-state index contributed by atoms with van der Waals surface area (Å²) in [7, 11) is 0. The number of rotatable bonds is 4. The van der Waals surface area contributed by atoms with Crippen LogP contribution in [0.4, 0.5) is 5.69 Å². The summed E-state index contributed by atoms with van der Waals surface area (Å²) in [6.07, 6.45) is -4.04. The Morgan fingerprint density at radius 3 is 2.32 bits per heavy atom. The second-order valence-corrected chi connectivity index (χ2v) is 4.29. The maximum absolute atomic E-state index is 10.7. The predicted octanol–water partition coefficient (Wildman–Crippen LogP) is -0.764. The van der Waals surface area contributed by atoms with Crippen LogP contribution >= 0.6 is 0 Å². The third-order valence-electron chi connectivity index (χ3n) is 2.98. The summed E-state index contributed by atoms with van der Waals surface area (Å²) in [6, 6.07) is 5.87. The van der Waals surface area contributed by atoms with Gasteiger partial charge in [0.05, 0.1) is 12.2 Å². The number of aliphatic hydroxyl groups is 3. The van der Waals surface area contributed by atoms with Crippen molar-refractivity contribution in [1.82, 2.24) is 0 Å². The van der Waals surface area contributed by atoms with Crippen molar-refractivity contribution in [3.8, 4) is 0 Å². The topological polar surface area (TPSA) is 119 Å². The molecule has 19 heavy (non-hydrogen) atoms. The minimum Gasteiger partial charge on any atom is -0.478 e. The van der Waals surface area contributed by atoms with Gasteiger partial charge in [-0.1, -0.05) is 0 Å². The molecule has 1 aliphatic rings. The van der Waals surface area contributed by atoms with Crippen molar-refractivity contribution in [1.29, 1.82) is 0 Å². The van der Waals surface area contributed by atoms with Gasteiger partial charge in [0.25, 0.3) is 0 Å². The smallest absolute Gasteiger partial charge is 0.335 e. The van der Waals surface area contributed by atoms with E-state index in [-0.39, 0.29) is 5.56 Å². The molecule has 0 spiro atoms. The lowest BCUT2D eigenvalue weighted by Crippen LogP contribution is -2.36. The van der Waals surface area contributed by atoms with Crippen LogP contribution in [0, 0.1) is 0 Å². The van der Waals surface area contributed by atoms with E-state index in [1.165, 1.54) is 24.3 Å². The Morgan fingerprint density at radius 1 is 1.21 bits per heavy atom. The molecule has 5 N–H and O–H groups in total. The monoisotopic (exact) mass is 269 g/mol. The van der Waals surface area contributed by atoms with Gasteiger partial charge in [0, 0.05) is 5.69 Å². The van der Waals surface area contributed by atoms with Gasteiger partial charge in [-0.2, -0.15) is 0 Å². The fraction of sp³-hybridized carbons (Fsp3) is 0.417. The van der Waals surface area contributed by atoms with Crippen molar-refractivity contribution in [3.05, 3.63) is 29.8 Å². The zero-order chi connectivity index (χ0) is 14.0. The zero-order valence-corrected chi connectivity index (χ0v) is 9.93. The summed E-state index contributed by atoms with van der Waals surface area (Å²) in [5.74, 6) is -1.03. The fourth-order valence-corrected chi connectivity index (χ4v) is 1.89. The van der Waals surface area contributed by atoms with Gasteiger partial charge in [-0.15, -0.1) is 0 Å². The molecule has 1 aromatic carbocycles. The third kappa shape index (κ3) is 2.85. The van der Waals surface area contributed by atoms with Gasteiger partial charge in [-0.3, -0.25) is 0 Å². The average Bonchev–Trinajstić information content (AvgIpc) is 2.67. The van der Waals surface area contributed by atoms with Crippen LogP contribution in [0.2, 0.25) is 0 Å². The van der Waals surface area contributed by atoms with Crippen molar-refractivity contribution < 1.29 is 30.0 Å². The maximum atomic E-state index is 10.7. The van der Waals surface area contributed by atoms with Gasteiger partial charge < -0.3 is 30.5 Å². The lowest BCUT2D eigenvalue weighted by molar-refractivity contribution is -0.0153. The molecule has 1 aliphatic heterocycles. The highest BCUT2D eigenvalue weighted by Crippen LogP contribution is 2.23. The van der Waals surface area contributed by atoms with Crippen LogP contribution in [0.1, 0.15) is 10.4 Å². The van der Waals surface area contributed by atoms with Gasteiger partial charge in [0.1, 0.15) is 18.3 Å². The van der Waals surface area contributed by atoms with Crippen LogP contribution in [-0.4, -0.2) is 57.5 Å². The van der Waals surface area contributed by atoms with Gasteiger partial charge >= 0.3 is 5.97 Å². The highest BCUT2D eigenvalue weighted by atomic mass is 16.6. The molecule has 7 nitrogen and oxygen atoms in total. The van der Waals surface area contributed by atoms with Crippen molar-refractivity contribution in [2.24, 2.45) is 0 Å². The highest BCUT2D eigenvalue weighted by molar-refractivity contribution is 5.87. The van der Waals surface area contributed by atoms with Gasteiger partial charge in [0.2, 0.25) is 0 Å². The molecule has 104 valence electrons. The van der Waals surface area contributed by atoms with E-state index >= 15 is 0 Å². The Morgan fingerprint density at radius 2 is 1.84 bits per heavy atom. The largest absolute Gasteiger partial charge is 0.478 e. The number of aliphatic hydroxyl groups excluding tert-OH is 3. The molecule has 4 unspecified atom stereocenters. The summed E-state index contributed by atoms with van der Waals surface area (Å²) in [4.78, 5) is 10.7. The Balaban J connectivity index is 2.03. The second kappa shape index (κ2) is 5.54. The minimum atomic E-state index is -1.17. The van der Waals surface area contributed by atoms with Gasteiger partial charge in [-0.25, -0.2) is 4.79 Å². The molecule has 0 aromatic heterocycles. The third-order valence-corrected chi connectivity index (χ3v) is 2.98. The molecule has 1 aromatic rings. The van der Waals surface area contributed by atoms with Gasteiger partial charge in [0.15, 0.2) is 6.23 Å². The normalized spacial score (nSPS) is 30.3. The summed E-state index contributed by atoms with van der Waals surface area (Å²) in [6.45, 7) is -0.394.